The molecule has 1 aliphatic carbocycles. The molecule has 0 radical (unpaired) electrons. The van der Waals surface area contributed by atoms with E-state index in [0.717, 1.165) is 35.2 Å². The summed E-state index contributed by atoms with van der Waals surface area (Å²) in [7, 11) is 0. The van der Waals surface area contributed by atoms with Crippen LogP contribution in [0.5, 0.6) is 0 Å². The Labute approximate surface area is 220 Å². The zero-order valence-corrected chi connectivity index (χ0v) is 22.0. The fourth-order valence-corrected chi connectivity index (χ4v) is 5.99. The van der Waals surface area contributed by atoms with Gasteiger partial charge in [0.25, 0.3) is 5.91 Å². The molecule has 2 aromatic rings. The van der Waals surface area contributed by atoms with Crippen molar-refractivity contribution in [3.63, 3.8) is 0 Å². The molecule has 3 amide bonds. The molecule has 3 N–H and O–H groups in total. The summed E-state index contributed by atoms with van der Waals surface area (Å²) in [5.41, 5.74) is 9.30. The number of anilines is 1. The standard InChI is InChI=1S/C31H39N3O3/c1-4-11-25(29(32)35)26(18-20(2)3)30(36)33-28-24-16-8-7-14-22(24)23-15-9-10-17-27(23)34(31(28)37)19-21-12-5-6-13-21/h4,7-10,14-17,20-21,25-26,28H,1,5-6,11-13,18-19H2,2-3H3,(H2,32,35)(H,33,36)/t25-,26+,28?/m0/s1. The SMILES string of the molecule is C=CC[C@H](C(N)=O)[C@@H](CC(C)C)C(=O)NC1C(=O)N(CC2CCCC2)c2ccccc2-c2ccccc21. The fourth-order valence-electron chi connectivity index (χ4n) is 5.99. The van der Waals surface area contributed by atoms with Crippen LogP contribution in [-0.2, 0) is 14.4 Å². The number of fused-ring (bicyclic) bond motifs is 3. The van der Waals surface area contributed by atoms with Crippen LogP contribution in [0.3, 0.4) is 0 Å². The Morgan fingerprint density at radius 2 is 1.70 bits per heavy atom. The van der Waals surface area contributed by atoms with Crippen LogP contribution >= 0.6 is 0 Å². The molecule has 6 heteroatoms. The molecule has 1 aliphatic heterocycles. The molecule has 4 rings (SSSR count). The Bertz CT molecular complexity index is 1150. The number of primary amides is 1. The van der Waals surface area contributed by atoms with E-state index in [1.165, 1.54) is 12.8 Å². The Hall–Kier alpha value is -3.41. The third-order valence-electron chi connectivity index (χ3n) is 7.81. The topological polar surface area (TPSA) is 92.5 Å². The number of nitrogens with zero attached hydrogens (tertiary/aromatic N) is 1. The second-order valence-electron chi connectivity index (χ2n) is 10.9. The van der Waals surface area contributed by atoms with E-state index < -0.39 is 23.8 Å². The lowest BCUT2D eigenvalue weighted by molar-refractivity contribution is -0.136. The van der Waals surface area contributed by atoms with Crippen molar-refractivity contribution >= 4 is 23.4 Å². The van der Waals surface area contributed by atoms with Gasteiger partial charge in [0.05, 0.1) is 17.5 Å². The first-order valence-corrected chi connectivity index (χ1v) is 13.5. The van der Waals surface area contributed by atoms with Gasteiger partial charge in [-0.1, -0.05) is 75.2 Å². The summed E-state index contributed by atoms with van der Waals surface area (Å²) in [6.45, 7) is 8.41. The van der Waals surface area contributed by atoms with Crippen molar-refractivity contribution in [2.24, 2.45) is 29.4 Å². The molecule has 196 valence electrons. The smallest absolute Gasteiger partial charge is 0.254 e. The van der Waals surface area contributed by atoms with Crippen LogP contribution in [-0.4, -0.2) is 24.3 Å². The van der Waals surface area contributed by atoms with Gasteiger partial charge < -0.3 is 16.0 Å². The maximum atomic E-state index is 14.3. The van der Waals surface area contributed by atoms with Gasteiger partial charge in [0, 0.05) is 12.1 Å². The second-order valence-corrected chi connectivity index (χ2v) is 10.9. The summed E-state index contributed by atoms with van der Waals surface area (Å²) in [5, 5.41) is 3.08. The van der Waals surface area contributed by atoms with Crippen LogP contribution < -0.4 is 16.0 Å². The van der Waals surface area contributed by atoms with Crippen molar-refractivity contribution in [3.8, 4) is 11.1 Å². The van der Waals surface area contributed by atoms with Crippen LogP contribution in [0.25, 0.3) is 11.1 Å². The average molecular weight is 502 g/mol. The first-order valence-electron chi connectivity index (χ1n) is 13.5. The molecule has 2 aromatic carbocycles. The van der Waals surface area contributed by atoms with E-state index in [9.17, 15) is 14.4 Å². The number of hydrogen-bond donors (Lipinski definition) is 2. The Morgan fingerprint density at radius 1 is 1.05 bits per heavy atom. The summed E-state index contributed by atoms with van der Waals surface area (Å²) in [6.07, 6.45) is 7.01. The van der Waals surface area contributed by atoms with Crippen molar-refractivity contribution < 1.29 is 14.4 Å². The molecule has 0 spiro atoms. The highest BCUT2D eigenvalue weighted by Gasteiger charge is 2.39. The first kappa shape index (κ1) is 26.6. The lowest BCUT2D eigenvalue weighted by Crippen LogP contribution is -2.47. The van der Waals surface area contributed by atoms with Crippen molar-refractivity contribution in [1.82, 2.24) is 5.32 Å². The summed E-state index contributed by atoms with van der Waals surface area (Å²) in [4.78, 5) is 42.3. The number of nitrogens with two attached hydrogens (primary N) is 1. The van der Waals surface area contributed by atoms with Gasteiger partial charge in [0.2, 0.25) is 11.8 Å². The maximum absolute atomic E-state index is 14.3. The molecule has 3 atom stereocenters. The van der Waals surface area contributed by atoms with Crippen LogP contribution in [0.1, 0.15) is 64.0 Å². The number of carbonyl (C=O) groups is 3. The second kappa shape index (κ2) is 11.8. The minimum Gasteiger partial charge on any atom is -0.369 e. The molecule has 2 aliphatic rings. The number of allylic oxidation sites excluding steroid dienone is 1. The third-order valence-corrected chi connectivity index (χ3v) is 7.81. The molecule has 0 bridgehead atoms. The number of carbonyl (C=O) groups excluding carboxylic acids is 3. The highest BCUT2D eigenvalue weighted by Crippen LogP contribution is 2.41. The van der Waals surface area contributed by atoms with Gasteiger partial charge in [-0.15, -0.1) is 6.58 Å². The largest absolute Gasteiger partial charge is 0.369 e. The molecule has 6 nitrogen and oxygen atoms in total. The van der Waals surface area contributed by atoms with E-state index in [-0.39, 0.29) is 17.7 Å². The minimum absolute atomic E-state index is 0.139. The van der Waals surface area contributed by atoms with Crippen molar-refractivity contribution in [3.05, 3.63) is 66.7 Å². The molecule has 1 fully saturated rings. The van der Waals surface area contributed by atoms with E-state index in [0.29, 0.717) is 25.3 Å². The summed E-state index contributed by atoms with van der Waals surface area (Å²) >= 11 is 0. The molecule has 1 saturated carbocycles. The van der Waals surface area contributed by atoms with Crippen LogP contribution in [0.4, 0.5) is 5.69 Å². The summed E-state index contributed by atoms with van der Waals surface area (Å²) in [6, 6.07) is 14.9. The van der Waals surface area contributed by atoms with Gasteiger partial charge in [-0.2, -0.15) is 0 Å². The lowest BCUT2D eigenvalue weighted by atomic mass is 9.82. The molecule has 0 aromatic heterocycles. The van der Waals surface area contributed by atoms with Gasteiger partial charge >= 0.3 is 0 Å². The van der Waals surface area contributed by atoms with Crippen LogP contribution in [0.2, 0.25) is 0 Å². The molecule has 0 saturated heterocycles. The van der Waals surface area contributed by atoms with Gasteiger partial charge in [-0.3, -0.25) is 14.4 Å². The normalized spacial score (nSPS) is 19.1. The number of benzene rings is 2. The zero-order valence-electron chi connectivity index (χ0n) is 22.0. The zero-order chi connectivity index (χ0) is 26.5. The van der Waals surface area contributed by atoms with E-state index in [1.807, 2.05) is 67.3 Å². The van der Waals surface area contributed by atoms with Crippen LogP contribution in [0.15, 0.2) is 61.2 Å². The monoisotopic (exact) mass is 501 g/mol. The summed E-state index contributed by atoms with van der Waals surface area (Å²) in [5.74, 6) is -1.70. The Balaban J connectivity index is 1.75. The van der Waals surface area contributed by atoms with Crippen molar-refractivity contribution in [2.45, 2.75) is 58.4 Å². The van der Waals surface area contributed by atoms with Gasteiger partial charge in [-0.25, -0.2) is 0 Å². The third kappa shape index (κ3) is 5.79. The molecular weight excluding hydrogens is 462 g/mol. The van der Waals surface area contributed by atoms with E-state index in [2.05, 4.69) is 11.9 Å². The van der Waals surface area contributed by atoms with Gasteiger partial charge in [0.1, 0.15) is 6.04 Å². The quantitative estimate of drug-likeness (QED) is 0.428. The summed E-state index contributed by atoms with van der Waals surface area (Å²) < 4.78 is 0. The first-order chi connectivity index (χ1) is 17.8. The lowest BCUT2D eigenvalue weighted by Gasteiger charge is -2.31. The minimum atomic E-state index is -0.857. The molecule has 1 heterocycles. The van der Waals surface area contributed by atoms with E-state index >= 15 is 0 Å². The Kier molecular flexibility index (Phi) is 8.47. The van der Waals surface area contributed by atoms with E-state index in [4.69, 9.17) is 5.73 Å². The maximum Gasteiger partial charge on any atom is 0.254 e. The number of rotatable bonds is 10. The highest BCUT2D eigenvalue weighted by molar-refractivity contribution is 6.06. The number of amides is 3. The molecule has 1 unspecified atom stereocenters. The molecule has 37 heavy (non-hydrogen) atoms. The van der Waals surface area contributed by atoms with Crippen molar-refractivity contribution in [1.29, 1.82) is 0 Å². The number of para-hydroxylation sites is 1. The highest BCUT2D eigenvalue weighted by atomic mass is 16.2. The van der Waals surface area contributed by atoms with Crippen LogP contribution in [0, 0.1) is 23.7 Å². The average Bonchev–Trinajstić information content (AvgIpc) is 3.37. The van der Waals surface area contributed by atoms with Gasteiger partial charge in [-0.05, 0) is 54.7 Å². The predicted molar refractivity (Wildman–Crippen MR) is 148 cm³/mol. The Morgan fingerprint density at radius 3 is 2.35 bits per heavy atom. The predicted octanol–water partition coefficient (Wildman–Crippen LogP) is 5.39. The van der Waals surface area contributed by atoms with E-state index in [1.54, 1.807) is 6.08 Å². The van der Waals surface area contributed by atoms with Crippen molar-refractivity contribution in [2.75, 3.05) is 11.4 Å². The fraction of sp³-hybridized carbons (Fsp3) is 0.452. The van der Waals surface area contributed by atoms with Gasteiger partial charge in [0.15, 0.2) is 0 Å². The number of hydrogen-bond acceptors (Lipinski definition) is 3. The molecular formula is C31H39N3O3. The number of nitrogens with one attached hydrogen (secondary N) is 1.